The number of fused-ring (bicyclic) bond motifs is 1. The fourth-order valence-corrected chi connectivity index (χ4v) is 3.53. The summed E-state index contributed by atoms with van der Waals surface area (Å²) in [6, 6.07) is 7.94. The van der Waals surface area contributed by atoms with Gasteiger partial charge in [0.05, 0.1) is 17.8 Å². The summed E-state index contributed by atoms with van der Waals surface area (Å²) in [6.07, 6.45) is 2.65. The molecule has 0 saturated carbocycles. The predicted molar refractivity (Wildman–Crippen MR) is 121 cm³/mol. The summed E-state index contributed by atoms with van der Waals surface area (Å²) >= 11 is 0. The Morgan fingerprint density at radius 1 is 1.17 bits per heavy atom. The first-order chi connectivity index (χ1) is 14.3. The number of aromatic amines is 1. The van der Waals surface area contributed by atoms with Crippen LogP contribution < -0.4 is 9.64 Å². The van der Waals surface area contributed by atoms with E-state index in [4.69, 9.17) is 9.47 Å². The third kappa shape index (κ3) is 5.48. The van der Waals surface area contributed by atoms with Gasteiger partial charge in [-0.2, -0.15) is 5.10 Å². The van der Waals surface area contributed by atoms with Crippen molar-refractivity contribution < 1.29 is 9.47 Å². The lowest BCUT2D eigenvalue weighted by Gasteiger charge is -2.30. The molecule has 0 spiro atoms. The minimum Gasteiger partial charge on any atom is -0.488 e. The summed E-state index contributed by atoms with van der Waals surface area (Å²) in [5.74, 6) is 1.71. The second-order valence-electron chi connectivity index (χ2n) is 8.91. The zero-order valence-corrected chi connectivity index (χ0v) is 18.9. The van der Waals surface area contributed by atoms with Crippen LogP contribution in [-0.4, -0.2) is 53.1 Å². The van der Waals surface area contributed by atoms with Crippen molar-refractivity contribution in [2.24, 2.45) is 5.41 Å². The van der Waals surface area contributed by atoms with Crippen molar-refractivity contribution >= 4 is 16.7 Å². The predicted octanol–water partition coefficient (Wildman–Crippen LogP) is 4.70. The molecule has 0 unspecified atom stereocenters. The van der Waals surface area contributed by atoms with Crippen molar-refractivity contribution in [1.29, 1.82) is 0 Å². The van der Waals surface area contributed by atoms with Gasteiger partial charge in [-0.1, -0.05) is 27.7 Å². The molecule has 30 heavy (non-hydrogen) atoms. The van der Waals surface area contributed by atoms with E-state index in [1.807, 2.05) is 31.2 Å². The van der Waals surface area contributed by atoms with E-state index in [2.05, 4.69) is 52.8 Å². The molecule has 0 aliphatic rings. The summed E-state index contributed by atoms with van der Waals surface area (Å²) in [4.78, 5) is 11.4. The standard InChI is InChI=1S/C23H33N5O2/c1-7-10-28(14-23(3,4)5)21-12-20(24-15-25-21)22-18-11-17(30-16(2)13-29-6)8-9-19(18)26-27-22/h8-9,11-12,15-16H,7,10,13-14H2,1-6H3,(H,26,27)/t16-/m0/s1. The Morgan fingerprint density at radius 3 is 2.67 bits per heavy atom. The fourth-order valence-electron chi connectivity index (χ4n) is 3.53. The Kier molecular flexibility index (Phi) is 6.92. The molecule has 3 aromatic rings. The van der Waals surface area contributed by atoms with Gasteiger partial charge in [-0.05, 0) is 37.0 Å². The minimum absolute atomic E-state index is 0.0338. The van der Waals surface area contributed by atoms with Crippen LogP contribution in [0.3, 0.4) is 0 Å². The number of H-pyrrole nitrogens is 1. The van der Waals surface area contributed by atoms with Crippen LogP contribution in [0.25, 0.3) is 22.3 Å². The van der Waals surface area contributed by atoms with Crippen LogP contribution in [0.5, 0.6) is 5.75 Å². The Labute approximate surface area is 178 Å². The van der Waals surface area contributed by atoms with Crippen LogP contribution >= 0.6 is 0 Å². The monoisotopic (exact) mass is 411 g/mol. The lowest BCUT2D eigenvalue weighted by molar-refractivity contribution is 0.0922. The molecule has 2 aromatic heterocycles. The summed E-state index contributed by atoms with van der Waals surface area (Å²) in [5, 5.41) is 8.60. The largest absolute Gasteiger partial charge is 0.488 e. The number of nitrogens with zero attached hydrogens (tertiary/aromatic N) is 4. The quantitative estimate of drug-likeness (QED) is 0.550. The van der Waals surface area contributed by atoms with E-state index in [9.17, 15) is 0 Å². The Hall–Kier alpha value is -2.67. The molecule has 7 nitrogen and oxygen atoms in total. The van der Waals surface area contributed by atoms with Crippen molar-refractivity contribution in [2.75, 3.05) is 31.7 Å². The van der Waals surface area contributed by atoms with Gasteiger partial charge in [0.1, 0.15) is 29.7 Å². The van der Waals surface area contributed by atoms with E-state index >= 15 is 0 Å². The second-order valence-corrected chi connectivity index (χ2v) is 8.91. The van der Waals surface area contributed by atoms with Gasteiger partial charge >= 0.3 is 0 Å². The molecular weight excluding hydrogens is 378 g/mol. The maximum absolute atomic E-state index is 5.96. The highest BCUT2D eigenvalue weighted by molar-refractivity contribution is 5.93. The number of ether oxygens (including phenoxy) is 2. The van der Waals surface area contributed by atoms with E-state index in [1.165, 1.54) is 0 Å². The number of aromatic nitrogens is 4. The first-order valence-electron chi connectivity index (χ1n) is 10.5. The van der Waals surface area contributed by atoms with Gasteiger partial charge < -0.3 is 14.4 Å². The van der Waals surface area contributed by atoms with Crippen LogP contribution in [0.1, 0.15) is 41.0 Å². The van der Waals surface area contributed by atoms with Gasteiger partial charge in [-0.15, -0.1) is 0 Å². The summed E-state index contributed by atoms with van der Waals surface area (Å²) in [6.45, 7) is 13.3. The van der Waals surface area contributed by atoms with E-state index in [0.717, 1.165) is 53.4 Å². The maximum Gasteiger partial charge on any atom is 0.132 e. The molecule has 7 heteroatoms. The van der Waals surface area contributed by atoms with E-state index in [-0.39, 0.29) is 11.5 Å². The molecule has 2 heterocycles. The highest BCUT2D eigenvalue weighted by Gasteiger charge is 2.19. The van der Waals surface area contributed by atoms with Crippen LogP contribution in [-0.2, 0) is 4.74 Å². The van der Waals surface area contributed by atoms with E-state index in [0.29, 0.717) is 6.61 Å². The smallest absolute Gasteiger partial charge is 0.132 e. The van der Waals surface area contributed by atoms with Crippen molar-refractivity contribution in [3.63, 3.8) is 0 Å². The first-order valence-corrected chi connectivity index (χ1v) is 10.5. The molecule has 1 N–H and O–H groups in total. The van der Waals surface area contributed by atoms with Gasteiger partial charge in [0.15, 0.2) is 0 Å². The van der Waals surface area contributed by atoms with Gasteiger partial charge in [-0.25, -0.2) is 9.97 Å². The molecule has 1 atom stereocenters. The van der Waals surface area contributed by atoms with Crippen molar-refractivity contribution in [1.82, 2.24) is 20.2 Å². The summed E-state index contributed by atoms with van der Waals surface area (Å²) < 4.78 is 11.1. The number of nitrogens with one attached hydrogen (secondary N) is 1. The summed E-state index contributed by atoms with van der Waals surface area (Å²) in [5.41, 5.74) is 2.70. The number of hydrogen-bond acceptors (Lipinski definition) is 6. The zero-order valence-electron chi connectivity index (χ0n) is 18.9. The highest BCUT2D eigenvalue weighted by Crippen LogP contribution is 2.30. The van der Waals surface area contributed by atoms with Crippen LogP contribution in [0, 0.1) is 5.41 Å². The van der Waals surface area contributed by atoms with Crippen molar-refractivity contribution in [3.05, 3.63) is 30.6 Å². The number of methoxy groups -OCH3 is 1. The molecule has 0 aliphatic carbocycles. The molecule has 0 bridgehead atoms. The number of anilines is 1. The van der Waals surface area contributed by atoms with Crippen LogP contribution in [0.4, 0.5) is 5.82 Å². The van der Waals surface area contributed by atoms with Gasteiger partial charge in [0.25, 0.3) is 0 Å². The SMILES string of the molecule is CCCN(CC(C)(C)C)c1cc(-c2n[nH]c3ccc(O[C@@H](C)COC)cc23)ncn1. The normalized spacial score (nSPS) is 12.9. The molecule has 0 fully saturated rings. The van der Waals surface area contributed by atoms with Gasteiger partial charge in [0, 0.05) is 31.7 Å². The molecule has 0 radical (unpaired) electrons. The third-order valence-electron chi connectivity index (χ3n) is 4.65. The molecule has 162 valence electrons. The molecule has 1 aromatic carbocycles. The van der Waals surface area contributed by atoms with E-state index < -0.39 is 0 Å². The second kappa shape index (κ2) is 9.43. The Morgan fingerprint density at radius 2 is 1.97 bits per heavy atom. The fraction of sp³-hybridized carbons (Fsp3) is 0.522. The number of rotatable bonds is 9. The molecule has 0 saturated heterocycles. The van der Waals surface area contributed by atoms with Crippen LogP contribution in [0.2, 0.25) is 0 Å². The van der Waals surface area contributed by atoms with E-state index in [1.54, 1.807) is 13.4 Å². The van der Waals surface area contributed by atoms with Crippen molar-refractivity contribution in [3.8, 4) is 17.1 Å². The molecular formula is C23H33N5O2. The third-order valence-corrected chi connectivity index (χ3v) is 4.65. The topological polar surface area (TPSA) is 76.2 Å². The molecule has 0 amide bonds. The average molecular weight is 412 g/mol. The lowest BCUT2D eigenvalue weighted by atomic mass is 9.96. The molecule has 0 aliphatic heterocycles. The number of hydrogen-bond donors (Lipinski definition) is 1. The van der Waals surface area contributed by atoms with Gasteiger partial charge in [-0.3, -0.25) is 5.10 Å². The Balaban J connectivity index is 1.94. The minimum atomic E-state index is -0.0338. The molecule has 3 rings (SSSR count). The first kappa shape index (κ1) is 22.0. The maximum atomic E-state index is 5.96. The zero-order chi connectivity index (χ0) is 21.7. The average Bonchev–Trinajstić information content (AvgIpc) is 3.10. The van der Waals surface area contributed by atoms with Crippen LogP contribution in [0.15, 0.2) is 30.6 Å². The van der Waals surface area contributed by atoms with Crippen molar-refractivity contribution in [2.45, 2.75) is 47.1 Å². The highest BCUT2D eigenvalue weighted by atomic mass is 16.5. The Bertz CT molecular complexity index is 964. The number of benzene rings is 1. The summed E-state index contributed by atoms with van der Waals surface area (Å²) in [7, 11) is 1.67. The lowest BCUT2D eigenvalue weighted by Crippen LogP contribution is -2.34. The van der Waals surface area contributed by atoms with Gasteiger partial charge in [0.2, 0.25) is 0 Å².